The number of anilines is 2. The van der Waals surface area contributed by atoms with E-state index in [0.717, 1.165) is 28.0 Å². The number of thiazole rings is 1. The lowest BCUT2D eigenvalue weighted by atomic mass is 9.83. The maximum atomic E-state index is 14.1. The molecular formula is C30H25N5O10S3. The van der Waals surface area contributed by atoms with Gasteiger partial charge in [-0.05, 0) is 61.0 Å². The third-order valence-corrected chi connectivity index (χ3v) is 11.3. The van der Waals surface area contributed by atoms with Crippen molar-refractivity contribution in [1.29, 1.82) is 0 Å². The average Bonchev–Trinajstić information content (AvgIpc) is 3.48. The molecule has 0 aliphatic carbocycles. The minimum absolute atomic E-state index is 0.134. The fraction of sp³-hybridized carbons (Fsp3) is 0.200. The summed E-state index contributed by atoms with van der Waals surface area (Å²) < 4.78 is 29.9. The van der Waals surface area contributed by atoms with E-state index in [1.165, 1.54) is 59.2 Å². The first-order chi connectivity index (χ1) is 22.8. The summed E-state index contributed by atoms with van der Waals surface area (Å²) in [5.41, 5.74) is 0.642. The van der Waals surface area contributed by atoms with Crippen molar-refractivity contribution in [3.05, 3.63) is 97.0 Å². The number of hydrogen-bond donors (Lipinski definition) is 3. The first-order valence-corrected chi connectivity index (χ1v) is 17.4. The number of hydrogen-bond acceptors (Lipinski definition) is 12. The van der Waals surface area contributed by atoms with E-state index < -0.39 is 61.2 Å². The first-order valence-electron chi connectivity index (χ1n) is 14.2. The Morgan fingerprint density at radius 1 is 1.06 bits per heavy atom. The molecule has 3 unspecified atom stereocenters. The van der Waals surface area contributed by atoms with Crippen LogP contribution in [0.25, 0.3) is 0 Å². The minimum Gasteiger partial charge on any atom is -0.504 e. The number of carbonyl (C=O) groups excluding carboxylic acids is 3. The molecule has 0 radical (unpaired) electrons. The number of carbonyl (C=O) groups is 3. The van der Waals surface area contributed by atoms with Gasteiger partial charge in [0.1, 0.15) is 11.8 Å². The molecule has 4 aromatic rings. The lowest BCUT2D eigenvalue weighted by Gasteiger charge is -2.31. The van der Waals surface area contributed by atoms with Crippen molar-refractivity contribution in [2.24, 2.45) is 11.1 Å². The highest BCUT2D eigenvalue weighted by Gasteiger charge is 2.57. The summed E-state index contributed by atoms with van der Waals surface area (Å²) >= 11 is 1.79. The molecule has 2 aliphatic heterocycles. The normalized spacial score (nSPS) is 18.7. The Bertz CT molecular complexity index is 2150. The van der Waals surface area contributed by atoms with E-state index in [0.29, 0.717) is 15.5 Å². The molecule has 3 atom stereocenters. The van der Waals surface area contributed by atoms with Crippen LogP contribution in [0.3, 0.4) is 0 Å². The minimum atomic E-state index is -3.95. The fourth-order valence-corrected chi connectivity index (χ4v) is 8.95. The zero-order valence-electron chi connectivity index (χ0n) is 24.8. The van der Waals surface area contributed by atoms with Crippen LogP contribution >= 0.6 is 23.1 Å². The number of benzene rings is 3. The molecule has 1 saturated heterocycles. The van der Waals surface area contributed by atoms with Gasteiger partial charge >= 0.3 is 4.87 Å². The van der Waals surface area contributed by atoms with E-state index in [-0.39, 0.29) is 40.1 Å². The quantitative estimate of drug-likeness (QED) is 0.130. The molecule has 2 aliphatic rings. The molecular weight excluding hydrogens is 687 g/mol. The predicted octanol–water partition coefficient (Wildman–Crippen LogP) is 3.00. The van der Waals surface area contributed by atoms with Gasteiger partial charge in [0.2, 0.25) is 27.7 Å². The molecule has 1 fully saturated rings. The molecule has 1 aromatic heterocycles. The van der Waals surface area contributed by atoms with Gasteiger partial charge in [0.15, 0.2) is 11.5 Å². The number of aromatic nitrogens is 1. The van der Waals surface area contributed by atoms with E-state index in [4.69, 9.17) is 9.88 Å². The number of rotatable bonds is 9. The van der Waals surface area contributed by atoms with Crippen LogP contribution in [0, 0.1) is 16.0 Å². The number of nitrogens with zero attached hydrogens (tertiary/aromatic N) is 3. The Kier molecular flexibility index (Phi) is 8.58. The molecule has 6 rings (SSSR count). The molecule has 0 saturated carbocycles. The number of sulfonamides is 1. The smallest absolute Gasteiger partial charge is 0.308 e. The third kappa shape index (κ3) is 5.94. The number of amides is 3. The highest BCUT2D eigenvalue weighted by atomic mass is 32.2. The van der Waals surface area contributed by atoms with E-state index in [1.807, 2.05) is 0 Å². The van der Waals surface area contributed by atoms with Crippen LogP contribution in [0.2, 0.25) is 0 Å². The molecule has 0 bridgehead atoms. The van der Waals surface area contributed by atoms with Crippen molar-refractivity contribution < 1.29 is 37.6 Å². The molecule has 248 valence electrons. The summed E-state index contributed by atoms with van der Waals surface area (Å²) in [6, 6.07) is 14.6. The van der Waals surface area contributed by atoms with Crippen molar-refractivity contribution in [1.82, 2.24) is 4.57 Å². The van der Waals surface area contributed by atoms with Crippen molar-refractivity contribution in [2.75, 3.05) is 16.8 Å². The van der Waals surface area contributed by atoms with E-state index in [2.05, 4.69) is 5.32 Å². The predicted molar refractivity (Wildman–Crippen MR) is 175 cm³/mol. The number of nitro benzene ring substituents is 1. The monoisotopic (exact) mass is 711 g/mol. The Morgan fingerprint density at radius 2 is 1.75 bits per heavy atom. The number of non-ortho nitro benzene ring substituents is 1. The van der Waals surface area contributed by atoms with Gasteiger partial charge in [-0.15, -0.1) is 0 Å². The van der Waals surface area contributed by atoms with Gasteiger partial charge in [-0.3, -0.25) is 33.9 Å². The lowest BCUT2D eigenvalue weighted by Crippen LogP contribution is -2.33. The number of ether oxygens (including phenoxy) is 1. The Labute approximate surface area is 280 Å². The number of phenols is 1. The van der Waals surface area contributed by atoms with Gasteiger partial charge in [-0.25, -0.2) is 18.5 Å². The summed E-state index contributed by atoms with van der Waals surface area (Å²) in [4.78, 5) is 65.9. The Balaban J connectivity index is 1.39. The topological polar surface area (TPSA) is 221 Å². The highest BCUT2D eigenvalue weighted by Crippen LogP contribution is 2.54. The summed E-state index contributed by atoms with van der Waals surface area (Å²) in [7, 11) is -3.95. The van der Waals surface area contributed by atoms with Crippen LogP contribution in [0.15, 0.2) is 81.4 Å². The van der Waals surface area contributed by atoms with Crippen molar-refractivity contribution in [3.8, 4) is 11.5 Å². The molecule has 3 aromatic carbocycles. The van der Waals surface area contributed by atoms with Crippen LogP contribution in [0.5, 0.6) is 11.5 Å². The molecule has 3 amide bonds. The number of nitrogens with two attached hydrogens (primary N) is 1. The number of imide groups is 1. The van der Waals surface area contributed by atoms with Gasteiger partial charge in [-0.1, -0.05) is 29.2 Å². The number of thioether (sulfide) groups is 1. The summed E-state index contributed by atoms with van der Waals surface area (Å²) in [5, 5.41) is 28.6. The van der Waals surface area contributed by atoms with Crippen LogP contribution in [-0.2, 0) is 31.0 Å². The molecule has 3 heterocycles. The summed E-state index contributed by atoms with van der Waals surface area (Å²) in [6.45, 7) is 1.49. The number of fused-ring (bicyclic) bond motifs is 2. The van der Waals surface area contributed by atoms with Crippen molar-refractivity contribution in [2.45, 2.75) is 34.6 Å². The average molecular weight is 712 g/mol. The largest absolute Gasteiger partial charge is 0.504 e. The number of aromatic hydroxyl groups is 1. The van der Waals surface area contributed by atoms with Gasteiger partial charge in [0.25, 0.3) is 5.69 Å². The Morgan fingerprint density at radius 3 is 2.38 bits per heavy atom. The number of nitro groups is 1. The van der Waals surface area contributed by atoms with Crippen LogP contribution < -0.4 is 25.0 Å². The van der Waals surface area contributed by atoms with Crippen LogP contribution in [0.4, 0.5) is 17.1 Å². The van der Waals surface area contributed by atoms with Gasteiger partial charge < -0.3 is 15.2 Å². The van der Waals surface area contributed by atoms with Gasteiger partial charge in [0, 0.05) is 28.6 Å². The second kappa shape index (κ2) is 12.5. The van der Waals surface area contributed by atoms with E-state index in [1.54, 1.807) is 19.1 Å². The molecule has 48 heavy (non-hydrogen) atoms. The molecule has 18 heteroatoms. The number of nitrogens with one attached hydrogen (secondary N) is 1. The van der Waals surface area contributed by atoms with Crippen molar-refractivity contribution in [3.63, 3.8) is 0 Å². The second-order valence-electron chi connectivity index (χ2n) is 10.7. The second-order valence-corrected chi connectivity index (χ2v) is 14.4. The zero-order chi connectivity index (χ0) is 34.5. The lowest BCUT2D eigenvalue weighted by molar-refractivity contribution is -0.384. The standard InChI is InChI=1S/C30H25N5O10S3/c1-2-45-21-13-15(3-12-20(21)36)23-24-25(28(39)34(27(24)38)17-6-8-18(9-7-17)35(41)42)46-29-26(23)47-30(40)33(29)14-22(37)32-16-4-10-19(11-5-16)48(31,43)44/h3-13,23-25,36H,2,14H2,1H3,(H,32,37)(H2,31,43,44). The Hall–Kier alpha value is -5.04. The van der Waals surface area contributed by atoms with Gasteiger partial charge in [0.05, 0.1) is 33.1 Å². The number of primary sulfonamides is 1. The third-order valence-electron chi connectivity index (χ3n) is 7.78. The highest BCUT2D eigenvalue weighted by molar-refractivity contribution is 8.00. The maximum Gasteiger partial charge on any atom is 0.308 e. The fourth-order valence-electron chi connectivity index (χ4n) is 5.66. The van der Waals surface area contributed by atoms with E-state index >= 15 is 0 Å². The molecule has 15 nitrogen and oxygen atoms in total. The summed E-state index contributed by atoms with van der Waals surface area (Å²) in [6.07, 6.45) is 0. The molecule has 0 spiro atoms. The van der Waals surface area contributed by atoms with Crippen molar-refractivity contribution >= 4 is 67.9 Å². The summed E-state index contributed by atoms with van der Waals surface area (Å²) in [5.74, 6) is -3.70. The zero-order valence-corrected chi connectivity index (χ0v) is 27.2. The number of phenolic OH excluding ortho intramolecular Hbond substituents is 1. The molecule has 4 N–H and O–H groups in total. The maximum absolute atomic E-state index is 14.1. The SMILES string of the molecule is CCOc1cc(C2c3sc(=O)n(CC(=O)Nc4ccc(S(N)(=O)=O)cc4)c3SC3C(=O)N(c4ccc([N+](=O)[O-])cc4)C(=O)C32)ccc1O. The van der Waals surface area contributed by atoms with Crippen LogP contribution in [-0.4, -0.2) is 52.6 Å². The van der Waals surface area contributed by atoms with Gasteiger partial charge in [-0.2, -0.15) is 0 Å². The first kappa shape index (κ1) is 32.9. The van der Waals surface area contributed by atoms with E-state index in [9.17, 15) is 42.8 Å². The van der Waals surface area contributed by atoms with Crippen LogP contribution in [0.1, 0.15) is 23.3 Å².